The summed E-state index contributed by atoms with van der Waals surface area (Å²) in [4.78, 5) is 35.9. The fourth-order valence-corrected chi connectivity index (χ4v) is 2.42. The molecule has 0 spiro atoms. The molecule has 3 rings (SSSR count). The van der Waals surface area contributed by atoms with E-state index in [0.717, 1.165) is 5.56 Å². The number of furan rings is 2. The molecule has 0 aliphatic rings. The number of carbonyl (C=O) groups is 3. The zero-order valence-corrected chi connectivity index (χ0v) is 14.9. The summed E-state index contributed by atoms with van der Waals surface area (Å²) < 4.78 is 9.99. The van der Waals surface area contributed by atoms with Crippen molar-refractivity contribution in [2.45, 2.75) is 13.1 Å². The van der Waals surface area contributed by atoms with Crippen molar-refractivity contribution in [2.75, 3.05) is 6.54 Å². The summed E-state index contributed by atoms with van der Waals surface area (Å²) in [7, 11) is 0. The molecule has 8 heteroatoms. The maximum atomic E-state index is 12.2. The van der Waals surface area contributed by atoms with Crippen LogP contribution >= 0.6 is 0 Å². The molecule has 2 heterocycles. The first kappa shape index (κ1) is 19.0. The minimum atomic E-state index is -0.390. The van der Waals surface area contributed by atoms with E-state index in [-0.39, 0.29) is 30.8 Å². The van der Waals surface area contributed by atoms with Crippen LogP contribution in [-0.4, -0.2) is 24.3 Å². The lowest BCUT2D eigenvalue weighted by Crippen LogP contribution is -2.36. The molecule has 144 valence electrons. The maximum Gasteiger partial charge on any atom is 0.254 e. The first-order valence-electron chi connectivity index (χ1n) is 8.58. The lowest BCUT2D eigenvalue weighted by atomic mass is 10.1. The highest BCUT2D eigenvalue weighted by Crippen LogP contribution is 2.06. The van der Waals surface area contributed by atoms with Crippen LogP contribution in [0.4, 0.5) is 0 Å². The molecule has 8 nitrogen and oxygen atoms in total. The molecule has 1 aromatic carbocycles. The molecule has 0 atom stereocenters. The van der Waals surface area contributed by atoms with Crippen LogP contribution in [0, 0.1) is 0 Å². The Bertz CT molecular complexity index is 933. The van der Waals surface area contributed by atoms with Gasteiger partial charge in [-0.3, -0.25) is 14.4 Å². The number of nitrogens with one attached hydrogen (secondary N) is 3. The van der Waals surface area contributed by atoms with Gasteiger partial charge in [0.15, 0.2) is 0 Å². The van der Waals surface area contributed by atoms with Crippen molar-refractivity contribution in [1.29, 1.82) is 0 Å². The normalized spacial score (nSPS) is 10.3. The quantitative estimate of drug-likeness (QED) is 0.551. The van der Waals surface area contributed by atoms with Gasteiger partial charge in [-0.2, -0.15) is 0 Å². The van der Waals surface area contributed by atoms with Crippen LogP contribution in [0.2, 0.25) is 0 Å². The number of benzene rings is 1. The molecule has 28 heavy (non-hydrogen) atoms. The molecule has 0 unspecified atom stereocenters. The number of carbonyl (C=O) groups excluding carboxylic acids is 3. The standard InChI is InChI=1S/C20H19N3O5/c24-18(12-23-20(26)16-6-8-27-13-16)21-10-14-3-1-4-15(9-14)19(25)22-11-17-5-2-7-28-17/h1-9,13H,10-12H2,(H,21,24)(H,22,25)(H,23,26). The predicted octanol–water partition coefficient (Wildman–Crippen LogP) is 1.85. The molecule has 0 aliphatic heterocycles. The molecule has 2 aromatic heterocycles. The zero-order chi connectivity index (χ0) is 19.8. The molecule has 3 N–H and O–H groups in total. The van der Waals surface area contributed by atoms with Gasteiger partial charge in [0.25, 0.3) is 11.8 Å². The van der Waals surface area contributed by atoms with E-state index in [9.17, 15) is 14.4 Å². The van der Waals surface area contributed by atoms with Crippen LogP contribution in [0.3, 0.4) is 0 Å². The van der Waals surface area contributed by atoms with E-state index in [1.807, 2.05) is 0 Å². The van der Waals surface area contributed by atoms with Crippen molar-refractivity contribution >= 4 is 17.7 Å². The van der Waals surface area contributed by atoms with Crippen LogP contribution in [0.5, 0.6) is 0 Å². The highest BCUT2D eigenvalue weighted by atomic mass is 16.3. The first-order valence-corrected chi connectivity index (χ1v) is 8.58. The summed E-state index contributed by atoms with van der Waals surface area (Å²) in [5.74, 6) is -0.310. The van der Waals surface area contributed by atoms with Gasteiger partial charge in [-0.1, -0.05) is 12.1 Å². The third-order valence-corrected chi connectivity index (χ3v) is 3.87. The third-order valence-electron chi connectivity index (χ3n) is 3.87. The van der Waals surface area contributed by atoms with Gasteiger partial charge in [-0.25, -0.2) is 0 Å². The van der Waals surface area contributed by atoms with Gasteiger partial charge in [0.2, 0.25) is 5.91 Å². The van der Waals surface area contributed by atoms with Crippen molar-refractivity contribution in [2.24, 2.45) is 0 Å². The number of hydrogen-bond acceptors (Lipinski definition) is 5. The number of amides is 3. The molecule has 0 saturated carbocycles. The average molecular weight is 381 g/mol. The lowest BCUT2D eigenvalue weighted by molar-refractivity contribution is -0.120. The topological polar surface area (TPSA) is 114 Å². The van der Waals surface area contributed by atoms with Crippen LogP contribution in [-0.2, 0) is 17.9 Å². The van der Waals surface area contributed by atoms with Gasteiger partial charge >= 0.3 is 0 Å². The van der Waals surface area contributed by atoms with Crippen molar-refractivity contribution in [3.8, 4) is 0 Å². The Hall–Kier alpha value is -3.81. The second kappa shape index (κ2) is 9.22. The van der Waals surface area contributed by atoms with E-state index in [4.69, 9.17) is 8.83 Å². The highest BCUT2D eigenvalue weighted by Gasteiger charge is 2.10. The minimum Gasteiger partial charge on any atom is -0.472 e. The maximum absolute atomic E-state index is 12.2. The van der Waals surface area contributed by atoms with Gasteiger partial charge < -0.3 is 24.8 Å². The highest BCUT2D eigenvalue weighted by molar-refractivity contribution is 5.96. The van der Waals surface area contributed by atoms with E-state index in [1.54, 1.807) is 42.7 Å². The second-order valence-corrected chi connectivity index (χ2v) is 5.93. The monoisotopic (exact) mass is 381 g/mol. The van der Waals surface area contributed by atoms with Crippen LogP contribution in [0.25, 0.3) is 0 Å². The molecule has 3 aromatic rings. The molecule has 0 radical (unpaired) electrons. The average Bonchev–Trinajstić information content (AvgIpc) is 3.43. The van der Waals surface area contributed by atoms with Crippen molar-refractivity contribution in [3.05, 3.63) is 83.7 Å². The predicted molar refractivity (Wildman–Crippen MR) is 99.2 cm³/mol. The van der Waals surface area contributed by atoms with E-state index < -0.39 is 0 Å². The molecular weight excluding hydrogens is 362 g/mol. The first-order chi connectivity index (χ1) is 13.6. The van der Waals surface area contributed by atoms with Crippen molar-refractivity contribution in [3.63, 3.8) is 0 Å². The SMILES string of the molecule is O=C(CNC(=O)c1ccoc1)NCc1cccc(C(=O)NCc2ccco2)c1. The van der Waals surface area contributed by atoms with Gasteiger partial charge in [0.05, 0.1) is 31.2 Å². The second-order valence-electron chi connectivity index (χ2n) is 5.93. The van der Waals surface area contributed by atoms with Gasteiger partial charge in [-0.15, -0.1) is 0 Å². The summed E-state index contributed by atoms with van der Waals surface area (Å²) in [6.07, 6.45) is 4.23. The molecular formula is C20H19N3O5. The lowest BCUT2D eigenvalue weighted by Gasteiger charge is -2.08. The smallest absolute Gasteiger partial charge is 0.254 e. The molecule has 0 fully saturated rings. The fraction of sp³-hybridized carbons (Fsp3) is 0.150. The van der Waals surface area contributed by atoms with E-state index in [2.05, 4.69) is 16.0 Å². The largest absolute Gasteiger partial charge is 0.472 e. The Labute approximate surface area is 160 Å². The zero-order valence-electron chi connectivity index (χ0n) is 14.9. The Morgan fingerprint density at radius 1 is 0.821 bits per heavy atom. The molecule has 0 bridgehead atoms. The van der Waals surface area contributed by atoms with Crippen LogP contribution in [0.1, 0.15) is 32.0 Å². The van der Waals surface area contributed by atoms with E-state index in [0.29, 0.717) is 23.4 Å². The summed E-state index contributed by atoms with van der Waals surface area (Å²) in [5.41, 5.74) is 1.59. The minimum absolute atomic E-state index is 0.159. The van der Waals surface area contributed by atoms with Crippen LogP contribution < -0.4 is 16.0 Å². The number of hydrogen-bond donors (Lipinski definition) is 3. The van der Waals surface area contributed by atoms with Crippen LogP contribution in [0.15, 0.2) is 70.1 Å². The molecule has 0 saturated heterocycles. The molecule has 0 aliphatic carbocycles. The Balaban J connectivity index is 1.45. The summed E-state index contributed by atoms with van der Waals surface area (Å²) in [6, 6.07) is 12.0. The third kappa shape index (κ3) is 5.34. The summed E-state index contributed by atoms with van der Waals surface area (Å²) >= 11 is 0. The van der Waals surface area contributed by atoms with E-state index >= 15 is 0 Å². The van der Waals surface area contributed by atoms with Gasteiger partial charge in [0.1, 0.15) is 12.0 Å². The fourth-order valence-electron chi connectivity index (χ4n) is 2.42. The van der Waals surface area contributed by atoms with Gasteiger partial charge in [-0.05, 0) is 35.9 Å². The Kier molecular flexibility index (Phi) is 6.25. The van der Waals surface area contributed by atoms with Gasteiger partial charge in [0, 0.05) is 12.1 Å². The molecule has 3 amide bonds. The summed E-state index contributed by atoms with van der Waals surface area (Å²) in [6.45, 7) is 0.371. The Morgan fingerprint density at radius 3 is 2.43 bits per heavy atom. The van der Waals surface area contributed by atoms with E-state index in [1.165, 1.54) is 18.6 Å². The van der Waals surface area contributed by atoms with Crippen molar-refractivity contribution < 1.29 is 23.2 Å². The number of rotatable bonds is 8. The summed E-state index contributed by atoms with van der Waals surface area (Å²) in [5, 5.41) is 7.96. The Morgan fingerprint density at radius 2 is 1.68 bits per heavy atom. The van der Waals surface area contributed by atoms with Crippen molar-refractivity contribution in [1.82, 2.24) is 16.0 Å².